The standard InChI is InChI=1S/C14H22BNO2/c1-8-6-9(2)14-5-3-4-11(14)16(13(15)18)10(7-17)12(8)14/h8-12,17H,3-7H2,1-2H3/t8?,9?,10-,11?,12?,14?/m1/s1/i17T. The van der Waals surface area contributed by atoms with E-state index in [0.29, 0.717) is 24.4 Å². The topological polar surface area (TPSA) is 40.5 Å². The van der Waals surface area contributed by atoms with E-state index >= 15 is 0 Å². The Bertz CT molecular complexity index is 394. The fraction of sp³-hybridized carbons (Fsp3) is 0.929. The van der Waals surface area contributed by atoms with Crippen LogP contribution in [0.2, 0.25) is 0 Å². The van der Waals surface area contributed by atoms with Crippen molar-refractivity contribution in [2.75, 3.05) is 6.61 Å². The maximum atomic E-state index is 11.9. The second-order valence-corrected chi connectivity index (χ2v) is 6.64. The van der Waals surface area contributed by atoms with Gasteiger partial charge in [-0.15, -0.1) is 0 Å². The summed E-state index contributed by atoms with van der Waals surface area (Å²) in [5.74, 6) is 1.34. The van der Waals surface area contributed by atoms with Crippen LogP contribution in [0, 0.1) is 23.2 Å². The van der Waals surface area contributed by atoms with Crippen molar-refractivity contribution in [2.24, 2.45) is 23.2 Å². The minimum absolute atomic E-state index is 0.000231. The van der Waals surface area contributed by atoms with E-state index < -0.39 is 0 Å². The van der Waals surface area contributed by atoms with E-state index in [4.69, 9.17) is 9.28 Å². The number of amides is 1. The monoisotopic (exact) mass is 249 g/mol. The van der Waals surface area contributed by atoms with Gasteiger partial charge in [0.1, 0.15) is 0 Å². The predicted molar refractivity (Wildman–Crippen MR) is 70.4 cm³/mol. The van der Waals surface area contributed by atoms with E-state index in [1.807, 2.05) is 4.90 Å². The molecule has 3 aliphatic rings. The SMILES string of the molecule is [3H]OC[C@@H]1C2C(C)CC(C)C23CCCC3N1C([B])=O. The van der Waals surface area contributed by atoms with Gasteiger partial charge in [-0.25, -0.2) is 0 Å². The maximum Gasteiger partial charge on any atom is 0.210 e. The molecule has 1 N–H and O–H groups in total. The molecule has 98 valence electrons. The molecule has 0 aromatic heterocycles. The van der Waals surface area contributed by atoms with Gasteiger partial charge in [-0.3, -0.25) is 4.79 Å². The Hall–Kier alpha value is -0.505. The Morgan fingerprint density at radius 2 is 2.39 bits per heavy atom. The quantitative estimate of drug-likeness (QED) is 0.758. The van der Waals surface area contributed by atoms with Crippen molar-refractivity contribution < 1.29 is 9.90 Å². The summed E-state index contributed by atoms with van der Waals surface area (Å²) in [4.78, 5) is 13.8. The lowest BCUT2D eigenvalue weighted by Crippen LogP contribution is -2.45. The van der Waals surface area contributed by atoms with Crippen molar-refractivity contribution in [3.63, 3.8) is 0 Å². The molecule has 2 aliphatic carbocycles. The van der Waals surface area contributed by atoms with Crippen LogP contribution in [-0.4, -0.2) is 43.8 Å². The highest BCUT2D eigenvalue weighted by Gasteiger charge is 2.67. The van der Waals surface area contributed by atoms with E-state index in [9.17, 15) is 4.79 Å². The highest BCUT2D eigenvalue weighted by atomic mass is 16.3. The molecule has 1 saturated heterocycles. The summed E-state index contributed by atoms with van der Waals surface area (Å²) in [6, 6.07) is 0.273. The molecule has 3 nitrogen and oxygen atoms in total. The van der Waals surface area contributed by atoms with Crippen LogP contribution in [0.4, 0.5) is 4.79 Å². The molecule has 2 radical (unpaired) electrons. The molecule has 1 heterocycles. The molecular weight excluding hydrogens is 225 g/mol. The number of nitrogens with zero attached hydrogens (tertiary/aromatic N) is 1. The molecule has 6 atom stereocenters. The van der Waals surface area contributed by atoms with Gasteiger partial charge >= 0.3 is 0 Å². The summed E-state index contributed by atoms with van der Waals surface area (Å²) in [5.41, 5.74) is 0.234. The predicted octanol–water partition coefficient (Wildman–Crippen LogP) is 1.78. The number of rotatable bonds is 2. The highest BCUT2D eigenvalue weighted by Crippen LogP contribution is 2.66. The van der Waals surface area contributed by atoms with Crippen molar-refractivity contribution >= 4 is 13.7 Å². The number of aliphatic hydroxyl groups is 1. The van der Waals surface area contributed by atoms with Gasteiger partial charge in [-0.2, -0.15) is 0 Å². The molecule has 5 unspecified atom stereocenters. The molecule has 2 saturated carbocycles. The number of carbonyl (C=O) groups excluding carboxylic acids is 1. The third kappa shape index (κ3) is 1.28. The Kier molecular flexibility index (Phi) is 2.51. The van der Waals surface area contributed by atoms with Gasteiger partial charge in [-0.1, -0.05) is 20.3 Å². The number of hydrogen-bond acceptors (Lipinski definition) is 2. The third-order valence-corrected chi connectivity index (χ3v) is 6.12. The molecule has 0 aromatic carbocycles. The molecule has 1 aliphatic heterocycles. The first-order valence-corrected chi connectivity index (χ1v) is 7.20. The largest absolute Gasteiger partial charge is 0.394 e. The van der Waals surface area contributed by atoms with Crippen LogP contribution in [0.5, 0.6) is 0 Å². The van der Waals surface area contributed by atoms with Crippen molar-refractivity contribution in [1.29, 1.82) is 1.43 Å². The van der Waals surface area contributed by atoms with Crippen LogP contribution >= 0.6 is 0 Å². The fourth-order valence-corrected chi connectivity index (χ4v) is 5.82. The smallest absolute Gasteiger partial charge is 0.210 e. The summed E-state index contributed by atoms with van der Waals surface area (Å²) in [7, 11) is 5.64. The van der Waals surface area contributed by atoms with Gasteiger partial charge in [0.2, 0.25) is 9.28 Å². The zero-order valence-corrected chi connectivity index (χ0v) is 11.3. The number of hydrogen-bond donors (Lipinski definition) is 1. The summed E-state index contributed by atoms with van der Waals surface area (Å²) >= 11 is 0. The summed E-state index contributed by atoms with van der Waals surface area (Å²) < 4.78 is 7.09. The van der Waals surface area contributed by atoms with E-state index in [1.54, 1.807) is 0 Å². The molecule has 0 bridgehead atoms. The number of aliphatic hydroxyl groups excluding tert-OH is 1. The molecule has 18 heavy (non-hydrogen) atoms. The highest BCUT2D eigenvalue weighted by molar-refractivity contribution is 6.57. The Balaban J connectivity index is 2.04. The van der Waals surface area contributed by atoms with Crippen LogP contribution < -0.4 is 0 Å². The molecular formula is C14H22BNO2. The lowest BCUT2D eigenvalue weighted by molar-refractivity contribution is 0.123. The lowest BCUT2D eigenvalue weighted by atomic mass is 9.69. The number of likely N-dealkylation sites (tertiary alicyclic amines) is 1. The van der Waals surface area contributed by atoms with Crippen molar-refractivity contribution in [2.45, 2.75) is 51.6 Å². The third-order valence-electron chi connectivity index (χ3n) is 6.12. The van der Waals surface area contributed by atoms with Crippen molar-refractivity contribution in [3.05, 3.63) is 0 Å². The summed E-state index contributed by atoms with van der Waals surface area (Å²) in [6.07, 6.45) is 4.68. The second-order valence-electron chi connectivity index (χ2n) is 6.64. The van der Waals surface area contributed by atoms with Crippen molar-refractivity contribution in [1.82, 2.24) is 4.90 Å². The fourth-order valence-electron chi connectivity index (χ4n) is 5.82. The van der Waals surface area contributed by atoms with Gasteiger partial charge in [0.05, 0.1) is 12.6 Å². The van der Waals surface area contributed by atoms with E-state index in [2.05, 4.69) is 19.0 Å². The van der Waals surface area contributed by atoms with Crippen LogP contribution in [-0.2, 0) is 0 Å². The molecule has 0 aromatic rings. The zero-order valence-electron chi connectivity index (χ0n) is 12.3. The lowest BCUT2D eigenvalue weighted by Gasteiger charge is -2.35. The average Bonchev–Trinajstić information content (AvgIpc) is 2.90. The summed E-state index contributed by atoms with van der Waals surface area (Å²) in [5, 5.41) is 4.66. The first-order valence-electron chi connectivity index (χ1n) is 7.60. The maximum absolute atomic E-state index is 11.9. The average molecular weight is 249 g/mol. The molecule has 1 amide bonds. The minimum Gasteiger partial charge on any atom is -0.394 e. The van der Waals surface area contributed by atoms with Gasteiger partial charge < -0.3 is 10.0 Å². The van der Waals surface area contributed by atoms with Crippen LogP contribution in [0.15, 0.2) is 0 Å². The Morgan fingerprint density at radius 3 is 3.06 bits per heavy atom. The zero-order chi connectivity index (χ0) is 13.8. The first-order chi connectivity index (χ1) is 9.04. The normalized spacial score (nSPS) is 51.1. The minimum atomic E-state index is -0.331. The van der Waals surface area contributed by atoms with E-state index in [-0.39, 0.29) is 23.3 Å². The van der Waals surface area contributed by atoms with E-state index in [1.165, 1.54) is 19.3 Å². The second kappa shape index (κ2) is 3.99. The summed E-state index contributed by atoms with van der Waals surface area (Å²) in [6.45, 7) is 4.91. The van der Waals surface area contributed by atoms with Gasteiger partial charge in [0.25, 0.3) is 0 Å². The van der Waals surface area contributed by atoms with Gasteiger partial charge in [0.15, 0.2) is 5.81 Å². The molecule has 3 fully saturated rings. The van der Waals surface area contributed by atoms with Crippen LogP contribution in [0.3, 0.4) is 0 Å². The van der Waals surface area contributed by atoms with Gasteiger partial charge in [-0.05, 0) is 42.4 Å². The Morgan fingerprint density at radius 1 is 1.61 bits per heavy atom. The molecule has 3 rings (SSSR count). The molecule has 1 spiro atoms. The van der Waals surface area contributed by atoms with Crippen LogP contribution in [0.25, 0.3) is 0 Å². The molecule has 4 heteroatoms. The van der Waals surface area contributed by atoms with Crippen LogP contribution in [0.1, 0.15) is 39.5 Å². The van der Waals surface area contributed by atoms with Crippen molar-refractivity contribution in [3.8, 4) is 0 Å². The number of carbonyl (C=O) groups is 1. The first kappa shape index (κ1) is 11.3. The Labute approximate surface area is 112 Å². The van der Waals surface area contributed by atoms with E-state index in [0.717, 1.165) is 6.42 Å². The van der Waals surface area contributed by atoms with Gasteiger partial charge in [0, 0.05) is 6.04 Å².